The lowest BCUT2D eigenvalue weighted by Crippen LogP contribution is -2.60. The maximum atomic E-state index is 14.7. The van der Waals surface area contributed by atoms with Crippen molar-refractivity contribution in [3.05, 3.63) is 71.3 Å². The first-order valence-corrected chi connectivity index (χ1v) is 14.5. The Kier molecular flexibility index (Phi) is 12.5. The summed E-state index contributed by atoms with van der Waals surface area (Å²) in [5.41, 5.74) is 0.439. The molecule has 0 spiro atoms. The molecule has 0 bridgehead atoms. The maximum absolute atomic E-state index is 14.7. The summed E-state index contributed by atoms with van der Waals surface area (Å²) in [5, 5.41) is 5.85. The van der Waals surface area contributed by atoms with Gasteiger partial charge in [-0.15, -0.1) is 6.42 Å². The number of nitrogens with zero attached hydrogens (tertiary/aromatic N) is 1. The van der Waals surface area contributed by atoms with Crippen LogP contribution in [0.3, 0.4) is 0 Å². The predicted octanol–water partition coefficient (Wildman–Crippen LogP) is 6.17. The normalized spacial score (nSPS) is 12.9. The summed E-state index contributed by atoms with van der Waals surface area (Å²) in [6.45, 7) is 13.7. The number of hydrogen-bond donors (Lipinski definition) is 2. The fourth-order valence-electron chi connectivity index (χ4n) is 4.56. The van der Waals surface area contributed by atoms with Gasteiger partial charge in [0.05, 0.1) is 0 Å². The van der Waals surface area contributed by atoms with Crippen LogP contribution in [0.15, 0.2) is 54.6 Å². The van der Waals surface area contributed by atoms with Gasteiger partial charge >= 0.3 is 6.09 Å². The first kappa shape index (κ1) is 33.4. The van der Waals surface area contributed by atoms with E-state index in [1.807, 2.05) is 63.2 Å². The highest BCUT2D eigenvalue weighted by atomic mass is 16.6. The Bertz CT molecular complexity index is 1190. The number of terminal acetylenes is 1. The van der Waals surface area contributed by atoms with E-state index in [-0.39, 0.29) is 12.3 Å². The quantitative estimate of drug-likeness (QED) is 0.226. The molecule has 0 aliphatic heterocycles. The molecule has 3 amide bonds. The van der Waals surface area contributed by atoms with E-state index in [1.54, 1.807) is 37.8 Å². The number of ether oxygens (including phenoxy) is 1. The van der Waals surface area contributed by atoms with E-state index in [1.165, 1.54) is 0 Å². The van der Waals surface area contributed by atoms with Crippen molar-refractivity contribution in [2.24, 2.45) is 0 Å². The molecule has 0 saturated carbocycles. The van der Waals surface area contributed by atoms with Gasteiger partial charge in [0, 0.05) is 24.1 Å². The Morgan fingerprint density at radius 2 is 1.59 bits per heavy atom. The highest BCUT2D eigenvalue weighted by Gasteiger charge is 2.43. The third-order valence-electron chi connectivity index (χ3n) is 7.02. The average molecular weight is 562 g/mol. The fourth-order valence-corrected chi connectivity index (χ4v) is 4.56. The number of carbonyl (C=O) groups is 3. The molecular weight excluding hydrogens is 514 g/mol. The lowest BCUT2D eigenvalue weighted by molar-refractivity contribution is -0.149. The predicted molar refractivity (Wildman–Crippen MR) is 164 cm³/mol. The highest BCUT2D eigenvalue weighted by molar-refractivity contribution is 5.93. The summed E-state index contributed by atoms with van der Waals surface area (Å²) in [6.07, 6.45) is 8.77. The Morgan fingerprint density at radius 1 is 0.951 bits per heavy atom. The number of carbonyl (C=O) groups excluding carboxylic acids is 3. The van der Waals surface area contributed by atoms with Crippen LogP contribution in [-0.4, -0.2) is 46.5 Å². The van der Waals surface area contributed by atoms with Gasteiger partial charge in [0.25, 0.3) is 0 Å². The third kappa shape index (κ3) is 9.97. The zero-order valence-electron chi connectivity index (χ0n) is 25.8. The molecule has 0 aromatic heterocycles. The lowest BCUT2D eigenvalue weighted by atomic mass is 9.89. The summed E-state index contributed by atoms with van der Waals surface area (Å²) in [6, 6.07) is 14.7. The van der Waals surface area contributed by atoms with Gasteiger partial charge in [0.2, 0.25) is 11.8 Å². The van der Waals surface area contributed by atoms with Crippen LogP contribution >= 0.6 is 0 Å². The smallest absolute Gasteiger partial charge is 0.408 e. The second-order valence-electron chi connectivity index (χ2n) is 11.9. The van der Waals surface area contributed by atoms with E-state index in [0.29, 0.717) is 24.1 Å². The van der Waals surface area contributed by atoms with E-state index in [2.05, 4.69) is 23.5 Å². The van der Waals surface area contributed by atoms with Gasteiger partial charge in [-0.2, -0.15) is 0 Å². The van der Waals surface area contributed by atoms with E-state index >= 15 is 0 Å². The van der Waals surface area contributed by atoms with Crippen LogP contribution in [0.25, 0.3) is 0 Å². The van der Waals surface area contributed by atoms with Gasteiger partial charge in [-0.25, -0.2) is 4.79 Å². The van der Waals surface area contributed by atoms with Crippen molar-refractivity contribution in [1.82, 2.24) is 15.5 Å². The van der Waals surface area contributed by atoms with Crippen LogP contribution in [0.1, 0.15) is 96.9 Å². The average Bonchev–Trinajstić information content (AvgIpc) is 2.92. The van der Waals surface area contributed by atoms with Crippen molar-refractivity contribution in [3.8, 4) is 12.3 Å². The van der Waals surface area contributed by atoms with Crippen LogP contribution in [0.2, 0.25) is 0 Å². The number of rotatable bonds is 13. The Labute approximate surface area is 246 Å². The summed E-state index contributed by atoms with van der Waals surface area (Å²) in [5.74, 6) is 1.98. The number of alkyl carbamates (subject to hydrolysis) is 1. The minimum absolute atomic E-state index is 0.219. The summed E-state index contributed by atoms with van der Waals surface area (Å²) >= 11 is 0. The number of nitrogens with one attached hydrogen (secondary N) is 2. The molecule has 2 N–H and O–H groups in total. The highest BCUT2D eigenvalue weighted by Crippen LogP contribution is 2.34. The molecule has 0 fully saturated rings. The zero-order valence-corrected chi connectivity index (χ0v) is 25.8. The summed E-state index contributed by atoms with van der Waals surface area (Å²) < 4.78 is 5.53. The second-order valence-corrected chi connectivity index (χ2v) is 11.9. The van der Waals surface area contributed by atoms with Crippen molar-refractivity contribution in [2.75, 3.05) is 6.54 Å². The molecule has 2 atom stereocenters. The second kappa shape index (κ2) is 15.3. The first-order valence-electron chi connectivity index (χ1n) is 14.5. The van der Waals surface area contributed by atoms with Gasteiger partial charge in [-0.1, -0.05) is 81.1 Å². The molecule has 41 heavy (non-hydrogen) atoms. The lowest BCUT2D eigenvalue weighted by Gasteiger charge is -2.45. The molecule has 222 valence electrons. The molecule has 0 aliphatic carbocycles. The molecule has 7 nitrogen and oxygen atoms in total. The van der Waals surface area contributed by atoms with E-state index in [4.69, 9.17) is 11.2 Å². The van der Waals surface area contributed by atoms with Crippen molar-refractivity contribution in [1.29, 1.82) is 0 Å². The molecule has 2 aromatic rings. The summed E-state index contributed by atoms with van der Waals surface area (Å²) in [7, 11) is 0. The topological polar surface area (TPSA) is 87.7 Å². The molecule has 2 aromatic carbocycles. The van der Waals surface area contributed by atoms with Gasteiger partial charge in [-0.3, -0.25) is 9.59 Å². The molecule has 0 heterocycles. The van der Waals surface area contributed by atoms with Crippen molar-refractivity contribution in [2.45, 2.75) is 104 Å². The molecule has 0 saturated heterocycles. The largest absolute Gasteiger partial charge is 0.444 e. The van der Waals surface area contributed by atoms with Crippen molar-refractivity contribution in [3.63, 3.8) is 0 Å². The van der Waals surface area contributed by atoms with Gasteiger partial charge in [0.15, 0.2) is 0 Å². The van der Waals surface area contributed by atoms with Gasteiger partial charge in [0.1, 0.15) is 17.7 Å². The number of unbranched alkanes of at least 4 members (excludes halogenated alkanes) is 2. The SMILES string of the molecule is C#Cc1ccccc1C(C(=O)NCCCCC)N(C(=O)C(Cc1ccccc1)NC(=O)OC(C)(C)C)C(C)(C)CC. The number of hydrogen-bond acceptors (Lipinski definition) is 4. The van der Waals surface area contributed by atoms with Gasteiger partial charge in [-0.05, 0) is 64.7 Å². The molecule has 7 heteroatoms. The minimum Gasteiger partial charge on any atom is -0.444 e. The molecular formula is C34H47N3O4. The Balaban J connectivity index is 2.66. The van der Waals surface area contributed by atoms with Crippen LogP contribution in [-0.2, 0) is 20.7 Å². The van der Waals surface area contributed by atoms with Crippen LogP contribution in [0.5, 0.6) is 0 Å². The first-order chi connectivity index (χ1) is 19.3. The molecule has 0 aliphatic rings. The minimum atomic E-state index is -1.01. The maximum Gasteiger partial charge on any atom is 0.408 e. The summed E-state index contributed by atoms with van der Waals surface area (Å²) in [4.78, 5) is 43.2. The standard InChI is InChI=1S/C34H47N3O4/c1-9-12-18-23-35-30(38)29(27-22-17-16-21-26(27)10-2)37(34(7,8)11-3)31(39)28(24-25-19-14-13-15-20-25)36-32(40)41-33(4,5)6/h2,13-17,19-22,28-29H,9,11-12,18,23-24H2,1,3-8H3,(H,35,38)(H,36,40). The Morgan fingerprint density at radius 3 is 2.17 bits per heavy atom. The van der Waals surface area contributed by atoms with E-state index in [9.17, 15) is 14.4 Å². The third-order valence-corrected chi connectivity index (χ3v) is 7.02. The molecule has 0 radical (unpaired) electrons. The van der Waals surface area contributed by atoms with Gasteiger partial charge < -0.3 is 20.3 Å². The van der Waals surface area contributed by atoms with Crippen LogP contribution < -0.4 is 10.6 Å². The van der Waals surface area contributed by atoms with Crippen LogP contribution in [0, 0.1) is 12.3 Å². The zero-order chi connectivity index (χ0) is 30.6. The molecule has 2 rings (SSSR count). The van der Waals surface area contributed by atoms with E-state index in [0.717, 1.165) is 24.8 Å². The fraction of sp³-hybridized carbons (Fsp3) is 0.500. The van der Waals surface area contributed by atoms with E-state index < -0.39 is 35.2 Å². The number of benzene rings is 2. The molecule has 2 unspecified atom stereocenters. The van der Waals surface area contributed by atoms with Crippen molar-refractivity contribution < 1.29 is 19.1 Å². The monoisotopic (exact) mass is 561 g/mol. The number of amides is 3. The van der Waals surface area contributed by atoms with Crippen LogP contribution in [0.4, 0.5) is 4.79 Å². The van der Waals surface area contributed by atoms with Crippen molar-refractivity contribution >= 4 is 17.9 Å². The Hall–Kier alpha value is -3.79.